The van der Waals surface area contributed by atoms with Gasteiger partial charge in [-0.05, 0) is 37.1 Å². The molecule has 1 aromatic carbocycles. The molecule has 0 atom stereocenters. The van der Waals surface area contributed by atoms with Crippen molar-refractivity contribution in [3.8, 4) is 6.07 Å². The van der Waals surface area contributed by atoms with Crippen LogP contribution in [0.2, 0.25) is 0 Å². The molecule has 0 saturated heterocycles. The third-order valence-electron chi connectivity index (χ3n) is 4.00. The molecule has 1 aliphatic rings. The summed E-state index contributed by atoms with van der Waals surface area (Å²) in [6.45, 7) is 1.01. The van der Waals surface area contributed by atoms with Gasteiger partial charge in [-0.25, -0.2) is 13.1 Å². The zero-order chi connectivity index (χ0) is 15.8. The van der Waals surface area contributed by atoms with E-state index in [1.54, 1.807) is 0 Å². The molecular weight excluding hydrogens is 298 g/mol. The molecule has 0 aromatic heterocycles. The largest absolute Gasteiger partial charge is 0.313 e. The first-order valence-corrected chi connectivity index (χ1v) is 9.33. The van der Waals surface area contributed by atoms with E-state index in [4.69, 9.17) is 5.26 Å². The number of nitriles is 1. The van der Waals surface area contributed by atoms with Gasteiger partial charge in [0.2, 0.25) is 10.0 Å². The van der Waals surface area contributed by atoms with Crippen LogP contribution in [0.25, 0.3) is 0 Å². The van der Waals surface area contributed by atoms with Crippen molar-refractivity contribution >= 4 is 10.0 Å². The van der Waals surface area contributed by atoms with E-state index in [9.17, 15) is 8.42 Å². The number of hydrogen-bond acceptors (Lipinski definition) is 4. The predicted molar refractivity (Wildman–Crippen MR) is 85.8 cm³/mol. The van der Waals surface area contributed by atoms with Crippen LogP contribution in [0.1, 0.15) is 44.1 Å². The lowest BCUT2D eigenvalue weighted by Gasteiger charge is -2.16. The van der Waals surface area contributed by atoms with Gasteiger partial charge in [-0.1, -0.05) is 25.7 Å². The molecule has 1 aromatic rings. The molecule has 0 amide bonds. The second kappa shape index (κ2) is 8.28. The monoisotopic (exact) mass is 321 g/mol. The first kappa shape index (κ1) is 16.9. The topological polar surface area (TPSA) is 82.0 Å². The summed E-state index contributed by atoms with van der Waals surface area (Å²) in [5.74, 6) is 0. The van der Waals surface area contributed by atoms with Crippen LogP contribution >= 0.6 is 0 Å². The van der Waals surface area contributed by atoms with Crippen molar-refractivity contribution in [2.24, 2.45) is 0 Å². The van der Waals surface area contributed by atoms with E-state index < -0.39 is 10.0 Å². The molecule has 0 heterocycles. The van der Waals surface area contributed by atoms with Gasteiger partial charge in [0, 0.05) is 19.1 Å². The maximum absolute atomic E-state index is 12.1. The van der Waals surface area contributed by atoms with Gasteiger partial charge in [-0.15, -0.1) is 0 Å². The molecule has 1 aliphatic carbocycles. The van der Waals surface area contributed by atoms with Crippen LogP contribution in [-0.2, 0) is 10.0 Å². The summed E-state index contributed by atoms with van der Waals surface area (Å²) in [5, 5.41) is 12.2. The lowest BCUT2D eigenvalue weighted by molar-refractivity contribution is 0.461. The molecule has 5 nitrogen and oxygen atoms in total. The summed E-state index contributed by atoms with van der Waals surface area (Å²) in [5.41, 5.74) is 0.453. The number of hydrogen-bond donors (Lipinski definition) is 2. The Balaban J connectivity index is 1.78. The minimum absolute atomic E-state index is 0.195. The van der Waals surface area contributed by atoms with Crippen LogP contribution in [0.4, 0.5) is 0 Å². The minimum atomic E-state index is -3.49. The van der Waals surface area contributed by atoms with Crippen LogP contribution in [0.5, 0.6) is 0 Å². The summed E-state index contributed by atoms with van der Waals surface area (Å²) >= 11 is 0. The van der Waals surface area contributed by atoms with E-state index >= 15 is 0 Å². The maximum Gasteiger partial charge on any atom is 0.240 e. The van der Waals surface area contributed by atoms with E-state index in [1.165, 1.54) is 62.8 Å². The summed E-state index contributed by atoms with van der Waals surface area (Å²) < 4.78 is 26.8. The summed E-state index contributed by atoms with van der Waals surface area (Å²) in [6.07, 6.45) is 7.50. The predicted octanol–water partition coefficient (Wildman–Crippen LogP) is 2.15. The van der Waals surface area contributed by atoms with Crippen LogP contribution in [0, 0.1) is 11.3 Å². The van der Waals surface area contributed by atoms with Crippen molar-refractivity contribution < 1.29 is 8.42 Å². The van der Waals surface area contributed by atoms with E-state index in [1.807, 2.05) is 6.07 Å². The van der Waals surface area contributed by atoms with E-state index in [2.05, 4.69) is 10.0 Å². The Hall–Kier alpha value is -1.42. The molecule has 0 spiro atoms. The minimum Gasteiger partial charge on any atom is -0.313 e. The summed E-state index contributed by atoms with van der Waals surface area (Å²) in [6, 6.07) is 8.43. The highest BCUT2D eigenvalue weighted by Crippen LogP contribution is 2.16. The van der Waals surface area contributed by atoms with Gasteiger partial charge in [0.1, 0.15) is 0 Å². The Morgan fingerprint density at radius 2 is 1.68 bits per heavy atom. The number of benzene rings is 1. The molecule has 1 saturated carbocycles. The van der Waals surface area contributed by atoms with Gasteiger partial charge in [0.05, 0.1) is 16.5 Å². The quantitative estimate of drug-likeness (QED) is 0.621. The molecule has 0 aliphatic heterocycles. The fourth-order valence-electron chi connectivity index (χ4n) is 2.74. The van der Waals surface area contributed by atoms with Crippen molar-refractivity contribution in [2.75, 3.05) is 13.1 Å². The number of nitrogens with zero attached hydrogens (tertiary/aromatic N) is 1. The Bertz CT molecular complexity index is 597. The molecular formula is C16H23N3O2S. The van der Waals surface area contributed by atoms with Gasteiger partial charge in [-0.2, -0.15) is 5.26 Å². The lowest BCUT2D eigenvalue weighted by Crippen LogP contribution is -2.36. The van der Waals surface area contributed by atoms with Crippen molar-refractivity contribution in [3.63, 3.8) is 0 Å². The van der Waals surface area contributed by atoms with Gasteiger partial charge >= 0.3 is 0 Å². The SMILES string of the molecule is N#Cc1ccc(S(=O)(=O)NCCNC2CCCCCC2)cc1. The summed E-state index contributed by atoms with van der Waals surface area (Å²) in [7, 11) is -3.49. The average Bonchev–Trinajstić information content (AvgIpc) is 2.80. The first-order chi connectivity index (χ1) is 10.6. The van der Waals surface area contributed by atoms with Gasteiger partial charge in [0.15, 0.2) is 0 Å². The zero-order valence-electron chi connectivity index (χ0n) is 12.7. The van der Waals surface area contributed by atoms with Crippen molar-refractivity contribution in [1.29, 1.82) is 5.26 Å². The number of sulfonamides is 1. The highest BCUT2D eigenvalue weighted by atomic mass is 32.2. The van der Waals surface area contributed by atoms with E-state index in [0.717, 1.165) is 0 Å². The molecule has 2 rings (SSSR count). The Morgan fingerprint density at radius 3 is 2.27 bits per heavy atom. The van der Waals surface area contributed by atoms with Gasteiger partial charge in [0.25, 0.3) is 0 Å². The molecule has 0 bridgehead atoms. The summed E-state index contributed by atoms with van der Waals surface area (Å²) in [4.78, 5) is 0.195. The lowest BCUT2D eigenvalue weighted by atomic mass is 10.1. The Morgan fingerprint density at radius 1 is 1.05 bits per heavy atom. The average molecular weight is 321 g/mol. The second-order valence-corrected chi connectivity index (χ2v) is 7.44. The van der Waals surface area contributed by atoms with Crippen LogP contribution in [0.15, 0.2) is 29.2 Å². The third-order valence-corrected chi connectivity index (χ3v) is 5.48. The standard InChI is InChI=1S/C16H23N3O2S/c17-13-14-7-9-16(10-8-14)22(20,21)19-12-11-18-15-5-3-1-2-4-6-15/h7-10,15,18-19H,1-6,11-12H2. The van der Waals surface area contributed by atoms with Gasteiger partial charge < -0.3 is 5.32 Å². The highest BCUT2D eigenvalue weighted by Gasteiger charge is 2.14. The number of nitrogens with one attached hydrogen (secondary N) is 2. The highest BCUT2D eigenvalue weighted by molar-refractivity contribution is 7.89. The molecule has 1 fully saturated rings. The van der Waals surface area contributed by atoms with Crippen molar-refractivity contribution in [1.82, 2.24) is 10.0 Å². The molecule has 2 N–H and O–H groups in total. The van der Waals surface area contributed by atoms with Crippen molar-refractivity contribution in [2.45, 2.75) is 49.5 Å². The van der Waals surface area contributed by atoms with Crippen LogP contribution in [-0.4, -0.2) is 27.5 Å². The Labute approximate surface area is 132 Å². The second-order valence-electron chi connectivity index (χ2n) is 5.68. The smallest absolute Gasteiger partial charge is 0.240 e. The van der Waals surface area contributed by atoms with Crippen molar-refractivity contribution in [3.05, 3.63) is 29.8 Å². The molecule has 0 unspecified atom stereocenters. The molecule has 120 valence electrons. The van der Waals surface area contributed by atoms with E-state index in [-0.39, 0.29) is 4.90 Å². The Kier molecular flexibility index (Phi) is 6.37. The van der Waals surface area contributed by atoms with Gasteiger partial charge in [-0.3, -0.25) is 0 Å². The normalized spacial score (nSPS) is 16.9. The first-order valence-electron chi connectivity index (χ1n) is 7.85. The number of rotatable bonds is 6. The fourth-order valence-corrected chi connectivity index (χ4v) is 3.77. The molecule has 6 heteroatoms. The maximum atomic E-state index is 12.1. The fraction of sp³-hybridized carbons (Fsp3) is 0.562. The zero-order valence-corrected chi connectivity index (χ0v) is 13.5. The molecule has 22 heavy (non-hydrogen) atoms. The van der Waals surface area contributed by atoms with Crippen LogP contribution in [0.3, 0.4) is 0 Å². The third kappa shape index (κ3) is 5.09. The molecule has 0 radical (unpaired) electrons. The van der Waals surface area contributed by atoms with E-state index in [0.29, 0.717) is 24.7 Å². The van der Waals surface area contributed by atoms with Crippen LogP contribution < -0.4 is 10.0 Å².